The number of hydrogen-bond donors (Lipinski definition) is 3. The fourth-order valence-corrected chi connectivity index (χ4v) is 3.84. The van der Waals surface area contributed by atoms with E-state index >= 15 is 0 Å². The van der Waals surface area contributed by atoms with Gasteiger partial charge in [0.1, 0.15) is 11.5 Å². The molecule has 0 atom stereocenters. The van der Waals surface area contributed by atoms with E-state index in [0.29, 0.717) is 22.6 Å². The largest absolute Gasteiger partial charge is 0.457 e. The summed E-state index contributed by atoms with van der Waals surface area (Å²) in [5.74, 6) is 1.13. The van der Waals surface area contributed by atoms with E-state index in [1.54, 1.807) is 24.3 Å². The van der Waals surface area contributed by atoms with Gasteiger partial charge < -0.3 is 14.5 Å². The quantitative estimate of drug-likeness (QED) is 0.283. The Morgan fingerprint density at radius 3 is 2.18 bits per heavy atom. The lowest BCUT2D eigenvalue weighted by atomic mass is 10.3. The summed E-state index contributed by atoms with van der Waals surface area (Å²) in [6.07, 6.45) is 0.610. The standard InChI is InChI=1S/C17H21N2O7PS/c20-14-19(27(21,22)23)13-5-4-12-18-28(24,25)17-10-8-16(9-11-17)26-15-6-2-1-3-7-15/h1-3,6-11,14,18H,4-5,12-13H2,(H2,21,22,23). The number of sulfonamides is 1. The van der Waals surface area contributed by atoms with Crippen LogP contribution in [0.15, 0.2) is 59.5 Å². The van der Waals surface area contributed by atoms with Gasteiger partial charge in [0.2, 0.25) is 16.4 Å². The Morgan fingerprint density at radius 2 is 1.61 bits per heavy atom. The highest BCUT2D eigenvalue weighted by Gasteiger charge is 2.22. The van der Waals surface area contributed by atoms with Crippen LogP contribution in [0.1, 0.15) is 12.8 Å². The molecule has 0 bridgehead atoms. The first-order valence-corrected chi connectivity index (χ1v) is 11.4. The molecule has 28 heavy (non-hydrogen) atoms. The van der Waals surface area contributed by atoms with Crippen LogP contribution < -0.4 is 9.46 Å². The van der Waals surface area contributed by atoms with Crippen molar-refractivity contribution in [3.8, 4) is 11.5 Å². The topological polar surface area (TPSA) is 133 Å². The highest BCUT2D eigenvalue weighted by atomic mass is 32.2. The smallest absolute Gasteiger partial charge is 0.432 e. The predicted molar refractivity (Wildman–Crippen MR) is 102 cm³/mol. The van der Waals surface area contributed by atoms with E-state index in [4.69, 9.17) is 14.5 Å². The first kappa shape index (κ1) is 22.1. The number of rotatable bonds is 11. The molecule has 0 aromatic heterocycles. The molecule has 11 heteroatoms. The van der Waals surface area contributed by atoms with Crippen LogP contribution in [0.3, 0.4) is 0 Å². The average molecular weight is 428 g/mol. The van der Waals surface area contributed by atoms with Crippen LogP contribution in [-0.4, -0.2) is 42.4 Å². The maximum atomic E-state index is 12.3. The Bertz CT molecular complexity index is 914. The van der Waals surface area contributed by atoms with E-state index in [0.717, 1.165) is 0 Å². The molecular formula is C17H21N2O7PS. The Kier molecular flexibility index (Phi) is 7.73. The molecule has 0 aliphatic rings. The van der Waals surface area contributed by atoms with Gasteiger partial charge in [-0.05, 0) is 49.2 Å². The third-order valence-corrected chi connectivity index (χ3v) is 6.12. The number of unbranched alkanes of at least 4 members (excludes halogenated alkanes) is 1. The van der Waals surface area contributed by atoms with Gasteiger partial charge in [-0.25, -0.2) is 17.7 Å². The van der Waals surface area contributed by atoms with Crippen LogP contribution in [0.5, 0.6) is 11.5 Å². The summed E-state index contributed by atoms with van der Waals surface area (Å²) in [4.78, 5) is 28.5. The fourth-order valence-electron chi connectivity index (χ4n) is 2.24. The summed E-state index contributed by atoms with van der Waals surface area (Å²) in [5, 5.41) is 0. The van der Waals surface area contributed by atoms with E-state index in [9.17, 15) is 17.8 Å². The van der Waals surface area contributed by atoms with Crippen LogP contribution in [0.25, 0.3) is 0 Å². The van der Waals surface area contributed by atoms with Crippen molar-refractivity contribution in [2.75, 3.05) is 13.1 Å². The number of hydrogen-bond acceptors (Lipinski definition) is 5. The number of nitrogens with zero attached hydrogens (tertiary/aromatic N) is 1. The molecule has 0 saturated heterocycles. The van der Waals surface area contributed by atoms with Crippen molar-refractivity contribution in [1.82, 2.24) is 9.39 Å². The minimum absolute atomic E-state index is 0.0673. The van der Waals surface area contributed by atoms with E-state index < -0.39 is 17.8 Å². The van der Waals surface area contributed by atoms with Crippen LogP contribution >= 0.6 is 7.75 Å². The van der Waals surface area contributed by atoms with Gasteiger partial charge in [0.15, 0.2) is 0 Å². The number of ether oxygens (including phenoxy) is 1. The molecular weight excluding hydrogens is 407 g/mol. The summed E-state index contributed by atoms with van der Waals surface area (Å²) < 4.78 is 43.9. The van der Waals surface area contributed by atoms with Gasteiger partial charge in [-0.1, -0.05) is 18.2 Å². The molecule has 9 nitrogen and oxygen atoms in total. The lowest BCUT2D eigenvalue weighted by Crippen LogP contribution is -2.26. The second-order valence-corrected chi connectivity index (χ2v) is 9.08. The van der Waals surface area contributed by atoms with Gasteiger partial charge in [-0.3, -0.25) is 9.46 Å². The third-order valence-electron chi connectivity index (χ3n) is 3.68. The molecule has 0 saturated carbocycles. The van der Waals surface area contributed by atoms with E-state index in [1.165, 1.54) is 12.1 Å². The van der Waals surface area contributed by atoms with Crippen LogP contribution in [-0.2, 0) is 19.4 Å². The second-order valence-electron chi connectivity index (χ2n) is 5.77. The van der Waals surface area contributed by atoms with Crippen molar-refractivity contribution in [1.29, 1.82) is 0 Å². The van der Waals surface area contributed by atoms with Gasteiger partial charge in [-0.2, -0.15) is 0 Å². The number of carbonyl (C=O) groups excluding carboxylic acids is 1. The zero-order valence-electron chi connectivity index (χ0n) is 14.8. The number of benzene rings is 2. The first-order chi connectivity index (χ1) is 13.2. The maximum absolute atomic E-state index is 12.3. The molecule has 0 radical (unpaired) electrons. The van der Waals surface area contributed by atoms with Gasteiger partial charge >= 0.3 is 7.75 Å². The Balaban J connectivity index is 1.84. The minimum Gasteiger partial charge on any atom is -0.457 e. The normalized spacial score (nSPS) is 11.8. The summed E-state index contributed by atoms with van der Waals surface area (Å²) in [5.41, 5.74) is 0. The molecule has 0 heterocycles. The molecule has 0 spiro atoms. The minimum atomic E-state index is -4.62. The van der Waals surface area contributed by atoms with Crippen molar-refractivity contribution in [3.63, 3.8) is 0 Å². The van der Waals surface area contributed by atoms with E-state index in [-0.39, 0.29) is 30.8 Å². The lowest BCUT2D eigenvalue weighted by molar-refractivity contribution is -0.115. The van der Waals surface area contributed by atoms with Gasteiger partial charge in [-0.15, -0.1) is 0 Å². The van der Waals surface area contributed by atoms with Crippen molar-refractivity contribution in [2.45, 2.75) is 17.7 Å². The molecule has 2 rings (SSSR count). The van der Waals surface area contributed by atoms with Crippen molar-refractivity contribution in [2.24, 2.45) is 0 Å². The van der Waals surface area contributed by atoms with Gasteiger partial charge in [0, 0.05) is 13.1 Å². The summed E-state index contributed by atoms with van der Waals surface area (Å²) in [6.45, 7) is -0.0977. The van der Waals surface area contributed by atoms with E-state index in [2.05, 4.69) is 4.72 Å². The first-order valence-electron chi connectivity index (χ1n) is 8.33. The summed E-state index contributed by atoms with van der Waals surface area (Å²) in [7, 11) is -8.35. The molecule has 0 fully saturated rings. The SMILES string of the molecule is O=CN(CCCCNS(=O)(=O)c1ccc(Oc2ccccc2)cc1)P(=O)(O)O. The highest BCUT2D eigenvalue weighted by Crippen LogP contribution is 2.38. The lowest BCUT2D eigenvalue weighted by Gasteiger charge is -2.17. The molecule has 3 N–H and O–H groups in total. The molecule has 152 valence electrons. The number of carbonyl (C=O) groups is 1. The fraction of sp³-hybridized carbons (Fsp3) is 0.235. The van der Waals surface area contributed by atoms with Crippen LogP contribution in [0, 0.1) is 0 Å². The van der Waals surface area contributed by atoms with Crippen LogP contribution in [0.2, 0.25) is 0 Å². The maximum Gasteiger partial charge on any atom is 0.432 e. The Hall–Kier alpha value is -2.23. The monoisotopic (exact) mass is 428 g/mol. The zero-order chi connectivity index (χ0) is 20.6. The number of para-hydroxylation sites is 1. The van der Waals surface area contributed by atoms with Gasteiger partial charge in [0.25, 0.3) is 0 Å². The predicted octanol–water partition coefficient (Wildman–Crippen LogP) is 2.09. The number of amides is 1. The third kappa shape index (κ3) is 6.74. The summed E-state index contributed by atoms with van der Waals surface area (Å²) >= 11 is 0. The molecule has 0 aliphatic carbocycles. The summed E-state index contributed by atoms with van der Waals surface area (Å²) in [6, 6.07) is 15.0. The average Bonchev–Trinajstić information content (AvgIpc) is 2.65. The molecule has 0 unspecified atom stereocenters. The molecule has 0 aliphatic heterocycles. The van der Waals surface area contributed by atoms with Crippen LogP contribution in [0.4, 0.5) is 0 Å². The number of nitrogens with one attached hydrogen (secondary N) is 1. The highest BCUT2D eigenvalue weighted by molar-refractivity contribution is 7.89. The Labute approximate surface area is 163 Å². The Morgan fingerprint density at radius 1 is 1.00 bits per heavy atom. The molecule has 2 aromatic carbocycles. The van der Waals surface area contributed by atoms with Crippen molar-refractivity contribution in [3.05, 3.63) is 54.6 Å². The van der Waals surface area contributed by atoms with Crippen molar-refractivity contribution < 1.29 is 32.3 Å². The van der Waals surface area contributed by atoms with E-state index in [1.807, 2.05) is 18.2 Å². The van der Waals surface area contributed by atoms with Gasteiger partial charge in [0.05, 0.1) is 4.90 Å². The molecule has 1 amide bonds. The molecule has 2 aromatic rings. The van der Waals surface area contributed by atoms with Crippen molar-refractivity contribution >= 4 is 24.2 Å². The second kappa shape index (κ2) is 9.81. The zero-order valence-corrected chi connectivity index (χ0v) is 16.6.